The maximum atomic E-state index is 10.9. The summed E-state index contributed by atoms with van der Waals surface area (Å²) in [5.74, 6) is 0.677. The zero-order valence-electron chi connectivity index (χ0n) is 14.2. The monoisotopic (exact) mass is 368 g/mol. The minimum Gasteiger partial charge on any atom is -0.493 e. The average molecular weight is 369 g/mol. The van der Waals surface area contributed by atoms with Crippen molar-refractivity contribution in [2.45, 2.75) is 32.9 Å². The van der Waals surface area contributed by atoms with Crippen molar-refractivity contribution in [1.29, 1.82) is 0 Å². The fraction of sp³-hybridized carbons (Fsp3) is 0.467. The van der Waals surface area contributed by atoms with Gasteiger partial charge in [0, 0.05) is 13.1 Å². The van der Waals surface area contributed by atoms with Crippen LogP contribution >= 0.6 is 11.6 Å². The second kappa shape index (κ2) is 9.07. The van der Waals surface area contributed by atoms with Crippen molar-refractivity contribution < 1.29 is 14.3 Å². The number of rotatable bonds is 10. The summed E-state index contributed by atoms with van der Waals surface area (Å²) in [5.41, 5.74) is 5.93. The summed E-state index contributed by atoms with van der Waals surface area (Å²) in [7, 11) is 1.49. The quantitative estimate of drug-likeness (QED) is 0.654. The van der Waals surface area contributed by atoms with Crippen LogP contribution in [-0.4, -0.2) is 39.8 Å². The Bertz CT molecular complexity index is 721. The molecule has 0 bridgehead atoms. The zero-order valence-corrected chi connectivity index (χ0v) is 14.9. The number of unbranched alkanes of at least 4 members (excludes halogenated alkanes) is 1. The number of nitrogens with one attached hydrogen (secondary N) is 1. The third-order valence-electron chi connectivity index (χ3n) is 3.35. The third kappa shape index (κ3) is 5.21. The number of aromatic nitrogens is 4. The van der Waals surface area contributed by atoms with E-state index in [0.29, 0.717) is 23.3 Å². The molecule has 1 aromatic carbocycles. The standard InChI is InChI=1S/C15H21ClN6O3/c1-3-4-5-22-15(19-20-21-22)18-8-10-6-11(16)14(12(7-10)24-2)25-9-13(17)23/h6-7H,3-5,8-9H2,1-2H3,(H2,17,23)(H,18,19,21). The number of carbonyl (C=O) groups excluding carboxylic acids is 1. The van der Waals surface area contributed by atoms with Gasteiger partial charge in [0.2, 0.25) is 5.95 Å². The highest BCUT2D eigenvalue weighted by Gasteiger charge is 2.14. The number of nitrogens with two attached hydrogens (primary N) is 1. The van der Waals surface area contributed by atoms with Gasteiger partial charge in [-0.15, -0.1) is 0 Å². The summed E-state index contributed by atoms with van der Waals surface area (Å²) in [6.45, 7) is 3.02. The molecule has 2 rings (SSSR count). The summed E-state index contributed by atoms with van der Waals surface area (Å²) >= 11 is 6.23. The van der Waals surface area contributed by atoms with Crippen LogP contribution in [-0.2, 0) is 17.9 Å². The Morgan fingerprint density at radius 3 is 2.92 bits per heavy atom. The van der Waals surface area contributed by atoms with E-state index in [1.165, 1.54) is 7.11 Å². The normalized spacial score (nSPS) is 10.5. The highest BCUT2D eigenvalue weighted by atomic mass is 35.5. The van der Waals surface area contributed by atoms with Gasteiger partial charge in [0.1, 0.15) is 0 Å². The number of anilines is 1. The number of aryl methyl sites for hydroxylation is 1. The second-order valence-electron chi connectivity index (χ2n) is 5.30. The third-order valence-corrected chi connectivity index (χ3v) is 3.63. The number of nitrogens with zero attached hydrogens (tertiary/aromatic N) is 4. The van der Waals surface area contributed by atoms with Crippen molar-refractivity contribution in [3.8, 4) is 11.5 Å². The number of benzene rings is 1. The van der Waals surface area contributed by atoms with Crippen molar-refractivity contribution in [3.05, 3.63) is 22.7 Å². The number of carbonyl (C=O) groups is 1. The first-order chi connectivity index (χ1) is 12.0. The number of methoxy groups -OCH3 is 1. The van der Waals surface area contributed by atoms with Gasteiger partial charge in [-0.2, -0.15) is 0 Å². The molecular weight excluding hydrogens is 348 g/mol. The lowest BCUT2D eigenvalue weighted by Gasteiger charge is -2.14. The van der Waals surface area contributed by atoms with Gasteiger partial charge in [-0.25, -0.2) is 4.68 Å². The summed E-state index contributed by atoms with van der Waals surface area (Å²) < 4.78 is 12.3. The van der Waals surface area contributed by atoms with Crippen LogP contribution < -0.4 is 20.5 Å². The first-order valence-corrected chi connectivity index (χ1v) is 8.20. The molecule has 0 spiro atoms. The van der Waals surface area contributed by atoms with Gasteiger partial charge < -0.3 is 20.5 Å². The van der Waals surface area contributed by atoms with Gasteiger partial charge in [0.15, 0.2) is 18.1 Å². The van der Waals surface area contributed by atoms with E-state index in [9.17, 15) is 4.79 Å². The fourth-order valence-corrected chi connectivity index (χ4v) is 2.42. The van der Waals surface area contributed by atoms with Crippen LogP contribution in [0.4, 0.5) is 5.95 Å². The van der Waals surface area contributed by atoms with E-state index >= 15 is 0 Å². The number of amides is 1. The topological polar surface area (TPSA) is 117 Å². The van der Waals surface area contributed by atoms with E-state index in [2.05, 4.69) is 27.8 Å². The number of tetrazole rings is 1. The van der Waals surface area contributed by atoms with Gasteiger partial charge >= 0.3 is 0 Å². The Hall–Kier alpha value is -2.55. The minimum absolute atomic E-state index is 0.277. The molecule has 0 saturated carbocycles. The number of ether oxygens (including phenoxy) is 2. The van der Waals surface area contributed by atoms with Crippen LogP contribution in [0.15, 0.2) is 12.1 Å². The zero-order chi connectivity index (χ0) is 18.2. The molecule has 9 nitrogen and oxygen atoms in total. The Morgan fingerprint density at radius 2 is 2.24 bits per heavy atom. The number of halogens is 1. The van der Waals surface area contributed by atoms with Gasteiger partial charge in [0.25, 0.3) is 5.91 Å². The molecule has 136 valence electrons. The van der Waals surface area contributed by atoms with Gasteiger partial charge in [-0.05, 0) is 34.5 Å². The van der Waals surface area contributed by atoms with E-state index in [1.54, 1.807) is 16.8 Å². The van der Waals surface area contributed by atoms with Crippen LogP contribution in [0.25, 0.3) is 0 Å². The van der Waals surface area contributed by atoms with Crippen LogP contribution in [0.2, 0.25) is 5.02 Å². The lowest BCUT2D eigenvalue weighted by Crippen LogP contribution is -2.20. The van der Waals surface area contributed by atoms with E-state index in [0.717, 1.165) is 24.9 Å². The molecule has 25 heavy (non-hydrogen) atoms. The maximum Gasteiger partial charge on any atom is 0.255 e. The molecule has 0 fully saturated rings. The van der Waals surface area contributed by atoms with Crippen molar-refractivity contribution in [2.75, 3.05) is 19.0 Å². The highest BCUT2D eigenvalue weighted by molar-refractivity contribution is 6.32. The Morgan fingerprint density at radius 1 is 1.44 bits per heavy atom. The molecule has 1 amide bonds. The fourth-order valence-electron chi connectivity index (χ4n) is 2.13. The number of hydrogen-bond acceptors (Lipinski definition) is 7. The van der Waals surface area contributed by atoms with Crippen molar-refractivity contribution >= 4 is 23.5 Å². The van der Waals surface area contributed by atoms with E-state index < -0.39 is 5.91 Å². The molecule has 0 saturated heterocycles. The first-order valence-electron chi connectivity index (χ1n) is 7.82. The smallest absolute Gasteiger partial charge is 0.255 e. The van der Waals surface area contributed by atoms with E-state index in [1.807, 2.05) is 0 Å². The minimum atomic E-state index is -0.595. The van der Waals surface area contributed by atoms with Gasteiger partial charge in [0.05, 0.1) is 12.1 Å². The predicted molar refractivity (Wildman–Crippen MR) is 92.7 cm³/mol. The first kappa shape index (κ1) is 18.8. The molecule has 10 heteroatoms. The number of primary amides is 1. The molecule has 2 aromatic rings. The summed E-state index contributed by atoms with van der Waals surface area (Å²) in [6, 6.07) is 3.48. The molecule has 1 heterocycles. The van der Waals surface area contributed by atoms with Crippen LogP contribution in [0.1, 0.15) is 25.3 Å². The van der Waals surface area contributed by atoms with Crippen molar-refractivity contribution in [2.24, 2.45) is 5.73 Å². The molecule has 3 N–H and O–H groups in total. The number of hydrogen-bond donors (Lipinski definition) is 2. The predicted octanol–water partition coefficient (Wildman–Crippen LogP) is 1.61. The summed E-state index contributed by atoms with van der Waals surface area (Å²) in [4.78, 5) is 10.9. The lowest BCUT2D eigenvalue weighted by molar-refractivity contribution is -0.119. The van der Waals surface area contributed by atoms with Crippen molar-refractivity contribution in [1.82, 2.24) is 20.2 Å². The van der Waals surface area contributed by atoms with E-state index in [-0.39, 0.29) is 12.4 Å². The molecule has 0 aliphatic heterocycles. The largest absolute Gasteiger partial charge is 0.493 e. The van der Waals surface area contributed by atoms with Crippen LogP contribution in [0.3, 0.4) is 0 Å². The summed E-state index contributed by atoms with van der Waals surface area (Å²) in [5, 5.41) is 15.1. The average Bonchev–Trinajstić information content (AvgIpc) is 3.03. The maximum absolute atomic E-state index is 10.9. The molecule has 1 aromatic heterocycles. The van der Waals surface area contributed by atoms with E-state index in [4.69, 9.17) is 26.8 Å². The van der Waals surface area contributed by atoms with Crippen LogP contribution in [0, 0.1) is 0 Å². The van der Waals surface area contributed by atoms with Crippen LogP contribution in [0.5, 0.6) is 11.5 Å². The Balaban J connectivity index is 2.09. The Kier molecular flexibility index (Phi) is 6.81. The molecule has 0 unspecified atom stereocenters. The summed E-state index contributed by atoms with van der Waals surface area (Å²) in [6.07, 6.45) is 2.05. The lowest BCUT2D eigenvalue weighted by atomic mass is 10.2. The SMILES string of the molecule is CCCCn1nnnc1NCc1cc(Cl)c(OCC(N)=O)c(OC)c1. The molecule has 0 aliphatic rings. The molecule has 0 aliphatic carbocycles. The highest BCUT2D eigenvalue weighted by Crippen LogP contribution is 2.36. The molecular formula is C15H21ClN6O3. The van der Waals surface area contributed by atoms with Gasteiger partial charge in [-0.3, -0.25) is 4.79 Å². The molecule has 0 radical (unpaired) electrons. The Labute approximate surface area is 150 Å². The molecule has 0 atom stereocenters. The van der Waals surface area contributed by atoms with Crippen molar-refractivity contribution in [3.63, 3.8) is 0 Å². The second-order valence-corrected chi connectivity index (χ2v) is 5.70. The van der Waals surface area contributed by atoms with Gasteiger partial charge in [-0.1, -0.05) is 30.0 Å².